The van der Waals surface area contributed by atoms with Crippen LogP contribution in [0.15, 0.2) is 0 Å². The maximum Gasteiger partial charge on any atom is 0.309 e. The fraction of sp³-hybridized carbons (Fsp3) is 0.889. The van der Waals surface area contributed by atoms with E-state index in [1.54, 1.807) is 11.8 Å². The molecule has 0 saturated carbocycles. The Hall–Kier alpha value is -0.220. The van der Waals surface area contributed by atoms with E-state index in [0.29, 0.717) is 26.1 Å². The van der Waals surface area contributed by atoms with Crippen molar-refractivity contribution in [1.29, 1.82) is 0 Å². The summed E-state index contributed by atoms with van der Waals surface area (Å²) in [7, 11) is 0. The van der Waals surface area contributed by atoms with Crippen molar-refractivity contribution >= 4 is 17.7 Å². The van der Waals surface area contributed by atoms with Gasteiger partial charge in [0.1, 0.15) is 0 Å². The summed E-state index contributed by atoms with van der Waals surface area (Å²) in [6.45, 7) is 1.20. The molecule has 3 nitrogen and oxygen atoms in total. The topological polar surface area (TPSA) is 46.5 Å². The molecule has 1 rings (SSSR count). The Morgan fingerprint density at radius 2 is 2.15 bits per heavy atom. The average molecular weight is 204 g/mol. The van der Waals surface area contributed by atoms with Crippen LogP contribution in [0, 0.1) is 5.41 Å². The summed E-state index contributed by atoms with van der Waals surface area (Å²) in [5.74, 6) is 0.275. The molecule has 1 fully saturated rings. The lowest BCUT2D eigenvalue weighted by Gasteiger charge is -2.32. The number of carbonyl (C=O) groups is 1. The molecule has 0 aliphatic carbocycles. The van der Waals surface area contributed by atoms with E-state index in [-0.39, 0.29) is 0 Å². The molecule has 0 atom stereocenters. The second-order valence-electron chi connectivity index (χ2n) is 3.44. The van der Waals surface area contributed by atoms with Crippen LogP contribution in [0.4, 0.5) is 0 Å². The molecule has 0 bridgehead atoms. The van der Waals surface area contributed by atoms with Gasteiger partial charge in [-0.1, -0.05) is 0 Å². The van der Waals surface area contributed by atoms with Gasteiger partial charge in [0.25, 0.3) is 0 Å². The average Bonchev–Trinajstić information content (AvgIpc) is 2.16. The van der Waals surface area contributed by atoms with Crippen LogP contribution < -0.4 is 0 Å². The molecular formula is C9H16O3S. The monoisotopic (exact) mass is 204 g/mol. The van der Waals surface area contributed by atoms with Gasteiger partial charge >= 0.3 is 5.97 Å². The Balaban J connectivity index is 2.56. The van der Waals surface area contributed by atoms with Crippen molar-refractivity contribution in [3.63, 3.8) is 0 Å². The van der Waals surface area contributed by atoms with Crippen molar-refractivity contribution in [2.75, 3.05) is 25.2 Å². The molecule has 0 spiro atoms. The molecule has 1 aliphatic heterocycles. The zero-order valence-corrected chi connectivity index (χ0v) is 8.73. The maximum atomic E-state index is 11.1. The van der Waals surface area contributed by atoms with Crippen LogP contribution >= 0.6 is 11.8 Å². The molecule has 0 aromatic heterocycles. The summed E-state index contributed by atoms with van der Waals surface area (Å²) < 4.78 is 5.18. The van der Waals surface area contributed by atoms with Gasteiger partial charge in [0.15, 0.2) is 0 Å². The van der Waals surface area contributed by atoms with Crippen molar-refractivity contribution in [2.45, 2.75) is 19.3 Å². The van der Waals surface area contributed by atoms with Crippen molar-refractivity contribution in [2.24, 2.45) is 5.41 Å². The fourth-order valence-corrected chi connectivity index (χ4v) is 2.23. The highest BCUT2D eigenvalue weighted by atomic mass is 32.2. The van der Waals surface area contributed by atoms with Crippen LogP contribution in [0.1, 0.15) is 19.3 Å². The lowest BCUT2D eigenvalue weighted by Crippen LogP contribution is -2.37. The Labute approximate surface area is 82.8 Å². The molecule has 76 valence electrons. The van der Waals surface area contributed by atoms with Crippen LogP contribution in [0.2, 0.25) is 0 Å². The van der Waals surface area contributed by atoms with Gasteiger partial charge in [-0.3, -0.25) is 4.79 Å². The molecule has 0 unspecified atom stereocenters. The number of aliphatic carboxylic acids is 1. The third-order valence-electron chi connectivity index (χ3n) is 2.69. The van der Waals surface area contributed by atoms with Crippen LogP contribution in [0.25, 0.3) is 0 Å². The van der Waals surface area contributed by atoms with E-state index in [2.05, 4.69) is 0 Å². The summed E-state index contributed by atoms with van der Waals surface area (Å²) in [5.41, 5.74) is -0.499. The highest BCUT2D eigenvalue weighted by molar-refractivity contribution is 7.98. The first-order chi connectivity index (χ1) is 6.21. The van der Waals surface area contributed by atoms with Crippen LogP contribution in [0.3, 0.4) is 0 Å². The quantitative estimate of drug-likeness (QED) is 0.756. The van der Waals surface area contributed by atoms with Gasteiger partial charge in [-0.15, -0.1) is 0 Å². The van der Waals surface area contributed by atoms with Gasteiger partial charge < -0.3 is 9.84 Å². The number of ether oxygens (including phenoxy) is 1. The minimum atomic E-state index is -0.648. The van der Waals surface area contributed by atoms with Gasteiger partial charge in [-0.2, -0.15) is 11.8 Å². The smallest absolute Gasteiger partial charge is 0.309 e. The van der Waals surface area contributed by atoms with Crippen molar-refractivity contribution in [3.05, 3.63) is 0 Å². The normalized spacial score (nSPS) is 21.3. The van der Waals surface area contributed by atoms with Gasteiger partial charge in [-0.05, 0) is 31.3 Å². The minimum Gasteiger partial charge on any atom is -0.481 e. The first-order valence-electron chi connectivity index (χ1n) is 4.51. The summed E-state index contributed by atoms with van der Waals surface area (Å²) >= 11 is 1.71. The van der Waals surface area contributed by atoms with E-state index >= 15 is 0 Å². The summed E-state index contributed by atoms with van der Waals surface area (Å²) in [6, 6.07) is 0. The van der Waals surface area contributed by atoms with Gasteiger partial charge in [0.05, 0.1) is 5.41 Å². The lowest BCUT2D eigenvalue weighted by molar-refractivity contribution is -0.155. The van der Waals surface area contributed by atoms with Gasteiger partial charge in [0.2, 0.25) is 0 Å². The van der Waals surface area contributed by atoms with E-state index in [0.717, 1.165) is 12.2 Å². The summed E-state index contributed by atoms with van der Waals surface area (Å²) in [5, 5.41) is 9.15. The Kier molecular flexibility index (Phi) is 4.06. The van der Waals surface area contributed by atoms with Crippen LogP contribution in [0.5, 0.6) is 0 Å². The predicted molar refractivity (Wildman–Crippen MR) is 53.1 cm³/mol. The second kappa shape index (κ2) is 4.86. The molecule has 1 heterocycles. The molecule has 1 aliphatic rings. The third-order valence-corrected chi connectivity index (χ3v) is 3.30. The molecule has 0 aromatic rings. The number of thioether (sulfide) groups is 1. The minimum absolute atomic E-state index is 0.499. The van der Waals surface area contributed by atoms with E-state index in [9.17, 15) is 4.79 Å². The number of rotatable bonds is 4. The molecule has 0 radical (unpaired) electrons. The van der Waals surface area contributed by atoms with E-state index in [4.69, 9.17) is 9.84 Å². The lowest BCUT2D eigenvalue weighted by atomic mass is 9.78. The highest BCUT2D eigenvalue weighted by Crippen LogP contribution is 2.35. The SMILES string of the molecule is CSCCC1(C(=O)O)CCOCC1. The van der Waals surface area contributed by atoms with E-state index in [1.165, 1.54) is 0 Å². The molecule has 1 saturated heterocycles. The van der Waals surface area contributed by atoms with Crippen molar-refractivity contribution in [1.82, 2.24) is 0 Å². The Bertz CT molecular complexity index is 176. The summed E-state index contributed by atoms with van der Waals surface area (Å²) in [6.07, 6.45) is 4.12. The molecule has 13 heavy (non-hydrogen) atoms. The first kappa shape index (κ1) is 10.9. The highest BCUT2D eigenvalue weighted by Gasteiger charge is 2.39. The van der Waals surface area contributed by atoms with E-state index in [1.807, 2.05) is 6.26 Å². The first-order valence-corrected chi connectivity index (χ1v) is 5.91. The molecule has 4 heteroatoms. The maximum absolute atomic E-state index is 11.1. The zero-order valence-electron chi connectivity index (χ0n) is 7.91. The zero-order chi connectivity index (χ0) is 9.73. The third kappa shape index (κ3) is 2.61. The molecular weight excluding hydrogens is 188 g/mol. The summed E-state index contributed by atoms with van der Waals surface area (Å²) in [4.78, 5) is 11.1. The van der Waals surface area contributed by atoms with Crippen LogP contribution in [-0.2, 0) is 9.53 Å². The Morgan fingerprint density at radius 1 is 1.54 bits per heavy atom. The van der Waals surface area contributed by atoms with E-state index < -0.39 is 11.4 Å². The molecule has 0 amide bonds. The van der Waals surface area contributed by atoms with Crippen molar-refractivity contribution < 1.29 is 14.6 Å². The number of hydrogen-bond acceptors (Lipinski definition) is 3. The number of carboxylic acids is 1. The number of carboxylic acid groups (broad SMARTS) is 1. The van der Waals surface area contributed by atoms with Gasteiger partial charge in [0, 0.05) is 13.2 Å². The predicted octanol–water partition coefficient (Wildman–Crippen LogP) is 1.62. The Morgan fingerprint density at radius 3 is 2.62 bits per heavy atom. The largest absolute Gasteiger partial charge is 0.481 e. The van der Waals surface area contributed by atoms with Gasteiger partial charge in [-0.25, -0.2) is 0 Å². The second-order valence-corrected chi connectivity index (χ2v) is 4.43. The number of hydrogen-bond donors (Lipinski definition) is 1. The standard InChI is InChI=1S/C9H16O3S/c1-13-7-4-9(8(10)11)2-5-12-6-3-9/h2-7H2,1H3,(H,10,11). The fourth-order valence-electron chi connectivity index (χ4n) is 1.63. The van der Waals surface area contributed by atoms with Crippen LogP contribution in [-0.4, -0.2) is 36.3 Å². The van der Waals surface area contributed by atoms with Crippen molar-refractivity contribution in [3.8, 4) is 0 Å². The molecule has 0 aromatic carbocycles. The molecule has 1 N–H and O–H groups in total.